The fraction of sp³-hybridized carbons (Fsp3) is 0.333. The number of carbonyl (C=O) groups is 2. The van der Waals surface area contributed by atoms with Crippen LogP contribution < -0.4 is 4.90 Å². The maximum absolute atomic E-state index is 13.1. The van der Waals surface area contributed by atoms with E-state index in [4.69, 9.17) is 0 Å². The molecule has 3 fully saturated rings. The first-order chi connectivity index (χ1) is 12.4. The number of urea groups is 1. The van der Waals surface area contributed by atoms with Gasteiger partial charge >= 0.3 is 6.03 Å². The fourth-order valence-electron chi connectivity index (χ4n) is 4.62. The van der Waals surface area contributed by atoms with Gasteiger partial charge in [-0.15, -0.1) is 0 Å². The number of nitrogens with zero attached hydrogens (tertiary/aromatic N) is 3. The predicted molar refractivity (Wildman–Crippen MR) is 96.2 cm³/mol. The van der Waals surface area contributed by atoms with Crippen molar-refractivity contribution in [3.63, 3.8) is 0 Å². The molecule has 0 spiro atoms. The third kappa shape index (κ3) is 1.94. The molecule has 0 N–H and O–H groups in total. The Kier molecular flexibility index (Phi) is 3.06. The molecule has 8 heteroatoms. The second-order valence-electron chi connectivity index (χ2n) is 7.10. The summed E-state index contributed by atoms with van der Waals surface area (Å²) in [5.74, 6) is -0.341. The maximum atomic E-state index is 13.1. The number of sulfonamides is 1. The maximum Gasteiger partial charge on any atom is 0.332 e. The average Bonchev–Trinajstić information content (AvgIpc) is 3.26. The van der Waals surface area contributed by atoms with Gasteiger partial charge in [-0.05, 0) is 17.9 Å². The molecule has 3 aliphatic heterocycles. The summed E-state index contributed by atoms with van der Waals surface area (Å²) in [7, 11) is -3.41. The molecule has 26 heavy (non-hydrogen) atoms. The molecule has 0 saturated carbocycles. The van der Waals surface area contributed by atoms with Gasteiger partial charge in [-0.1, -0.05) is 36.4 Å². The van der Waals surface area contributed by atoms with E-state index < -0.39 is 22.1 Å². The number of benzene rings is 2. The molecule has 3 heterocycles. The molecule has 2 bridgehead atoms. The molecule has 0 aromatic heterocycles. The molecule has 7 nitrogen and oxygen atoms in total. The van der Waals surface area contributed by atoms with Crippen LogP contribution in [0.5, 0.6) is 0 Å². The van der Waals surface area contributed by atoms with Crippen molar-refractivity contribution in [2.24, 2.45) is 0 Å². The van der Waals surface area contributed by atoms with Gasteiger partial charge in [0.25, 0.3) is 5.91 Å². The zero-order valence-corrected chi connectivity index (χ0v) is 14.9. The molecule has 0 radical (unpaired) electrons. The van der Waals surface area contributed by atoms with Gasteiger partial charge in [0.2, 0.25) is 10.0 Å². The number of piperazine rings is 1. The van der Waals surface area contributed by atoms with Gasteiger partial charge in [-0.25, -0.2) is 18.1 Å². The highest BCUT2D eigenvalue weighted by atomic mass is 32.2. The first kappa shape index (κ1) is 15.8. The molecule has 2 unspecified atom stereocenters. The number of hydrogen-bond donors (Lipinski definition) is 0. The van der Waals surface area contributed by atoms with Crippen LogP contribution in [0.3, 0.4) is 0 Å². The van der Waals surface area contributed by atoms with Crippen molar-refractivity contribution < 1.29 is 18.0 Å². The Morgan fingerprint density at radius 3 is 2.54 bits per heavy atom. The van der Waals surface area contributed by atoms with Crippen molar-refractivity contribution in [2.75, 3.05) is 17.7 Å². The minimum absolute atomic E-state index is 0.240. The number of rotatable bonds is 2. The van der Waals surface area contributed by atoms with Crippen LogP contribution >= 0.6 is 0 Å². The quantitative estimate of drug-likeness (QED) is 0.748. The standard InChI is InChI=1S/C18H17N3O4S/c1-26(24,25)19-10-12-9-15(19)16-17(22)21(18(23)20(12)16)14-8-4-6-11-5-2-3-7-13(11)14/h2-8,12,15-16H,9-10H2,1H3/t12?,15?,16-/m1/s1. The van der Waals surface area contributed by atoms with E-state index in [1.165, 1.54) is 9.21 Å². The number of imide groups is 1. The Morgan fingerprint density at radius 2 is 1.77 bits per heavy atom. The van der Waals surface area contributed by atoms with E-state index >= 15 is 0 Å². The number of anilines is 1. The lowest BCUT2D eigenvalue weighted by Crippen LogP contribution is -2.54. The first-order valence-corrected chi connectivity index (χ1v) is 10.3. The molecule has 134 valence electrons. The zero-order chi connectivity index (χ0) is 18.2. The SMILES string of the molecule is CS(=O)(=O)N1CC2CC1[C@@H]1C(=O)N(c3cccc4ccccc34)C(=O)N21. The average molecular weight is 371 g/mol. The van der Waals surface area contributed by atoms with Crippen LogP contribution in [0.25, 0.3) is 10.8 Å². The third-order valence-electron chi connectivity index (χ3n) is 5.65. The third-order valence-corrected chi connectivity index (χ3v) is 6.92. The van der Waals surface area contributed by atoms with Crippen molar-refractivity contribution in [3.05, 3.63) is 42.5 Å². The molecular weight excluding hydrogens is 354 g/mol. The van der Waals surface area contributed by atoms with Crippen LogP contribution in [0.2, 0.25) is 0 Å². The summed E-state index contributed by atoms with van der Waals surface area (Å²) >= 11 is 0. The lowest BCUT2D eigenvalue weighted by Gasteiger charge is -2.33. The van der Waals surface area contributed by atoms with E-state index in [2.05, 4.69) is 0 Å². The second kappa shape index (κ2) is 5.05. The van der Waals surface area contributed by atoms with E-state index in [0.29, 0.717) is 12.1 Å². The first-order valence-electron chi connectivity index (χ1n) is 8.49. The van der Waals surface area contributed by atoms with Gasteiger partial charge in [0, 0.05) is 18.0 Å². The summed E-state index contributed by atoms with van der Waals surface area (Å²) in [6, 6.07) is 11.3. The normalized spacial score (nSPS) is 28.4. The second-order valence-corrected chi connectivity index (χ2v) is 9.03. The number of amides is 3. The topological polar surface area (TPSA) is 78.0 Å². The lowest BCUT2D eigenvalue weighted by atomic mass is 10.1. The van der Waals surface area contributed by atoms with Gasteiger partial charge in [-0.2, -0.15) is 4.31 Å². The zero-order valence-electron chi connectivity index (χ0n) is 14.1. The fourth-order valence-corrected chi connectivity index (χ4v) is 5.76. The van der Waals surface area contributed by atoms with E-state index in [0.717, 1.165) is 17.0 Å². The Labute approximate surface area is 150 Å². The number of carbonyl (C=O) groups excluding carboxylic acids is 2. The van der Waals surface area contributed by atoms with E-state index in [9.17, 15) is 18.0 Å². The Bertz CT molecular complexity index is 1060. The smallest absolute Gasteiger partial charge is 0.306 e. The Hall–Kier alpha value is -2.45. The highest BCUT2D eigenvalue weighted by Crippen LogP contribution is 2.44. The van der Waals surface area contributed by atoms with E-state index in [-0.39, 0.29) is 24.5 Å². The Balaban J connectivity index is 1.60. The minimum atomic E-state index is -3.41. The summed E-state index contributed by atoms with van der Waals surface area (Å²) < 4.78 is 25.4. The molecule has 2 aromatic rings. The van der Waals surface area contributed by atoms with Crippen molar-refractivity contribution >= 4 is 38.4 Å². The minimum Gasteiger partial charge on any atom is -0.306 e. The van der Waals surface area contributed by atoms with Gasteiger partial charge in [0.1, 0.15) is 6.04 Å². The molecular formula is C18H17N3O4S. The van der Waals surface area contributed by atoms with Crippen molar-refractivity contribution in [1.82, 2.24) is 9.21 Å². The van der Waals surface area contributed by atoms with Crippen LogP contribution in [-0.2, 0) is 14.8 Å². The monoisotopic (exact) mass is 371 g/mol. The summed E-state index contributed by atoms with van der Waals surface area (Å²) in [6.45, 7) is 0.266. The highest BCUT2D eigenvalue weighted by Gasteiger charge is 2.63. The summed E-state index contributed by atoms with van der Waals surface area (Å²) in [4.78, 5) is 29.0. The molecule has 3 aliphatic rings. The van der Waals surface area contributed by atoms with Gasteiger partial charge < -0.3 is 4.90 Å². The van der Waals surface area contributed by atoms with Gasteiger partial charge in [-0.3, -0.25) is 4.79 Å². The molecule has 5 rings (SSSR count). The molecule has 0 aliphatic carbocycles. The number of fused-ring (bicyclic) bond motifs is 6. The Morgan fingerprint density at radius 1 is 1.04 bits per heavy atom. The van der Waals surface area contributed by atoms with Crippen LogP contribution in [0.1, 0.15) is 6.42 Å². The van der Waals surface area contributed by atoms with Gasteiger partial charge in [0.15, 0.2) is 0 Å². The van der Waals surface area contributed by atoms with Crippen molar-refractivity contribution in [3.8, 4) is 0 Å². The van der Waals surface area contributed by atoms with Crippen molar-refractivity contribution in [2.45, 2.75) is 24.5 Å². The largest absolute Gasteiger partial charge is 0.332 e. The summed E-state index contributed by atoms with van der Waals surface area (Å²) in [6.07, 6.45) is 1.68. The molecule has 3 saturated heterocycles. The lowest BCUT2D eigenvalue weighted by molar-refractivity contribution is -0.120. The van der Waals surface area contributed by atoms with E-state index in [1.54, 1.807) is 11.0 Å². The van der Waals surface area contributed by atoms with Crippen LogP contribution in [0, 0.1) is 0 Å². The van der Waals surface area contributed by atoms with Crippen molar-refractivity contribution in [1.29, 1.82) is 0 Å². The van der Waals surface area contributed by atoms with Gasteiger partial charge in [0.05, 0.1) is 18.0 Å². The van der Waals surface area contributed by atoms with Crippen LogP contribution in [0.4, 0.5) is 10.5 Å². The predicted octanol–water partition coefficient (Wildman–Crippen LogP) is 1.39. The highest BCUT2D eigenvalue weighted by molar-refractivity contribution is 7.88. The molecule has 3 amide bonds. The van der Waals surface area contributed by atoms with Crippen LogP contribution in [-0.4, -0.2) is 60.5 Å². The number of hydrogen-bond acceptors (Lipinski definition) is 4. The molecule has 3 atom stereocenters. The van der Waals surface area contributed by atoms with E-state index in [1.807, 2.05) is 36.4 Å². The van der Waals surface area contributed by atoms with Crippen LogP contribution in [0.15, 0.2) is 42.5 Å². The molecule has 2 aromatic carbocycles. The summed E-state index contributed by atoms with van der Waals surface area (Å²) in [5.41, 5.74) is 0.554. The summed E-state index contributed by atoms with van der Waals surface area (Å²) in [5, 5.41) is 1.77.